The van der Waals surface area contributed by atoms with Gasteiger partial charge in [-0.15, -0.1) is 11.8 Å². The van der Waals surface area contributed by atoms with Crippen LogP contribution in [0.2, 0.25) is 5.02 Å². The summed E-state index contributed by atoms with van der Waals surface area (Å²) in [6, 6.07) is 11.5. The Kier molecular flexibility index (Phi) is 9.44. The molecule has 178 valence electrons. The highest BCUT2D eigenvalue weighted by atomic mass is 35.5. The van der Waals surface area contributed by atoms with Crippen molar-refractivity contribution in [3.63, 3.8) is 0 Å². The van der Waals surface area contributed by atoms with Crippen molar-refractivity contribution in [2.45, 2.75) is 57.0 Å². The van der Waals surface area contributed by atoms with Crippen LogP contribution in [0.15, 0.2) is 42.5 Å². The van der Waals surface area contributed by atoms with Crippen LogP contribution in [-0.2, 0) is 21.9 Å². The van der Waals surface area contributed by atoms with Gasteiger partial charge < -0.3 is 15.0 Å². The molecule has 1 N–H and O–H groups in total. The van der Waals surface area contributed by atoms with E-state index in [1.807, 2.05) is 24.3 Å². The molecule has 0 aromatic heterocycles. The number of halogens is 2. The van der Waals surface area contributed by atoms with Crippen molar-refractivity contribution >= 4 is 35.2 Å². The second-order valence-corrected chi connectivity index (χ2v) is 9.62. The zero-order chi connectivity index (χ0) is 23.8. The van der Waals surface area contributed by atoms with Crippen LogP contribution in [-0.4, -0.2) is 41.7 Å². The van der Waals surface area contributed by atoms with Gasteiger partial charge in [0, 0.05) is 28.9 Å². The van der Waals surface area contributed by atoms with E-state index in [2.05, 4.69) is 5.32 Å². The minimum atomic E-state index is -0.637. The number of carbonyl (C=O) groups is 2. The molecule has 0 heterocycles. The molecule has 0 bridgehead atoms. The fraction of sp³-hybridized carbons (Fsp3) is 0.440. The lowest BCUT2D eigenvalue weighted by atomic mass is 10.1. The van der Waals surface area contributed by atoms with Crippen molar-refractivity contribution in [3.8, 4) is 5.75 Å². The lowest BCUT2D eigenvalue weighted by molar-refractivity contribution is -0.138. The second kappa shape index (κ2) is 12.3. The first kappa shape index (κ1) is 25.4. The SMILES string of the molecule is COc1cccc(CN(C(=O)CSCc2c(F)cccc2Cl)[C@@H](C)C(=O)NC2CCCC2)c1. The topological polar surface area (TPSA) is 58.6 Å². The van der Waals surface area contributed by atoms with Crippen LogP contribution in [0.1, 0.15) is 43.7 Å². The Hall–Kier alpha value is -2.25. The monoisotopic (exact) mass is 492 g/mol. The molecule has 1 atom stereocenters. The molecule has 0 saturated heterocycles. The molecule has 33 heavy (non-hydrogen) atoms. The summed E-state index contributed by atoms with van der Waals surface area (Å²) in [5, 5.41) is 3.43. The summed E-state index contributed by atoms with van der Waals surface area (Å²) in [5.41, 5.74) is 1.24. The molecule has 3 rings (SSSR count). The molecule has 1 aliphatic carbocycles. The molecule has 0 unspecified atom stereocenters. The van der Waals surface area contributed by atoms with E-state index in [1.165, 1.54) is 17.8 Å². The fourth-order valence-electron chi connectivity index (χ4n) is 3.94. The quantitative estimate of drug-likeness (QED) is 0.495. The van der Waals surface area contributed by atoms with E-state index in [1.54, 1.807) is 31.1 Å². The van der Waals surface area contributed by atoms with Crippen molar-refractivity contribution in [1.29, 1.82) is 0 Å². The number of hydrogen-bond donors (Lipinski definition) is 1. The van der Waals surface area contributed by atoms with Crippen LogP contribution < -0.4 is 10.1 Å². The lowest BCUT2D eigenvalue weighted by Crippen LogP contribution is -2.50. The zero-order valence-electron chi connectivity index (χ0n) is 19.0. The Labute approximate surface area is 204 Å². The van der Waals surface area contributed by atoms with Gasteiger partial charge in [0.15, 0.2) is 0 Å². The molecule has 0 radical (unpaired) electrons. The Bertz CT molecular complexity index is 948. The van der Waals surface area contributed by atoms with E-state index in [0.717, 1.165) is 31.2 Å². The summed E-state index contributed by atoms with van der Waals surface area (Å²) in [4.78, 5) is 27.7. The van der Waals surface area contributed by atoms with Gasteiger partial charge >= 0.3 is 0 Å². The molecular formula is C25H30ClFN2O3S. The third-order valence-corrected chi connectivity index (χ3v) is 7.19. The van der Waals surface area contributed by atoms with Gasteiger partial charge in [-0.2, -0.15) is 0 Å². The summed E-state index contributed by atoms with van der Waals surface area (Å²) < 4.78 is 19.4. The van der Waals surface area contributed by atoms with Crippen LogP contribution in [0.4, 0.5) is 4.39 Å². The molecule has 8 heteroatoms. The van der Waals surface area contributed by atoms with Crippen molar-refractivity contribution in [3.05, 3.63) is 64.4 Å². The molecule has 5 nitrogen and oxygen atoms in total. The average Bonchev–Trinajstić information content (AvgIpc) is 3.32. The van der Waals surface area contributed by atoms with Crippen LogP contribution in [0.25, 0.3) is 0 Å². The third kappa shape index (κ3) is 7.11. The van der Waals surface area contributed by atoms with Gasteiger partial charge in [-0.05, 0) is 49.6 Å². The van der Waals surface area contributed by atoms with E-state index in [0.29, 0.717) is 16.3 Å². The molecule has 2 aromatic carbocycles. The lowest BCUT2D eigenvalue weighted by Gasteiger charge is -2.30. The minimum Gasteiger partial charge on any atom is -0.497 e. The number of rotatable bonds is 10. The van der Waals surface area contributed by atoms with E-state index >= 15 is 0 Å². The molecule has 0 spiro atoms. The fourth-order valence-corrected chi connectivity index (χ4v) is 5.18. The number of thioether (sulfide) groups is 1. The summed E-state index contributed by atoms with van der Waals surface area (Å²) >= 11 is 7.38. The Morgan fingerprint density at radius 1 is 1.24 bits per heavy atom. The molecule has 1 saturated carbocycles. The van der Waals surface area contributed by atoms with Crippen molar-refractivity contribution in [1.82, 2.24) is 10.2 Å². The van der Waals surface area contributed by atoms with E-state index in [-0.39, 0.29) is 41.7 Å². The Morgan fingerprint density at radius 3 is 2.67 bits per heavy atom. The highest BCUT2D eigenvalue weighted by molar-refractivity contribution is 7.99. The summed E-state index contributed by atoms with van der Waals surface area (Å²) in [7, 11) is 1.59. The van der Waals surface area contributed by atoms with E-state index < -0.39 is 6.04 Å². The number of nitrogens with zero attached hydrogens (tertiary/aromatic N) is 1. The smallest absolute Gasteiger partial charge is 0.242 e. The highest BCUT2D eigenvalue weighted by Crippen LogP contribution is 2.25. The zero-order valence-corrected chi connectivity index (χ0v) is 20.6. The maximum Gasteiger partial charge on any atom is 0.242 e. The minimum absolute atomic E-state index is 0.107. The maximum atomic E-state index is 14.1. The first-order valence-corrected chi connectivity index (χ1v) is 12.7. The number of ether oxygens (including phenoxy) is 1. The van der Waals surface area contributed by atoms with Crippen molar-refractivity contribution < 1.29 is 18.7 Å². The van der Waals surface area contributed by atoms with Gasteiger partial charge in [-0.1, -0.05) is 42.6 Å². The first-order chi connectivity index (χ1) is 15.9. The van der Waals surface area contributed by atoms with E-state index in [9.17, 15) is 14.0 Å². The molecule has 2 amide bonds. The van der Waals surface area contributed by atoms with Gasteiger partial charge in [0.2, 0.25) is 11.8 Å². The molecule has 2 aromatic rings. The van der Waals surface area contributed by atoms with Gasteiger partial charge in [0.25, 0.3) is 0 Å². The van der Waals surface area contributed by atoms with Crippen molar-refractivity contribution in [2.24, 2.45) is 0 Å². The van der Waals surface area contributed by atoms with E-state index in [4.69, 9.17) is 16.3 Å². The van der Waals surface area contributed by atoms with Gasteiger partial charge in [0.05, 0.1) is 12.9 Å². The standard InChI is InChI=1S/C25H30ClFN2O3S/c1-17(25(31)28-19-8-3-4-9-19)29(14-18-7-5-10-20(13-18)32-2)24(30)16-33-15-21-22(26)11-6-12-23(21)27/h5-7,10-13,17,19H,3-4,8-9,14-16H2,1-2H3,(H,28,31)/t17-/m0/s1. The largest absolute Gasteiger partial charge is 0.497 e. The maximum absolute atomic E-state index is 14.1. The normalized spacial score (nSPS) is 14.7. The number of methoxy groups -OCH3 is 1. The predicted octanol–water partition coefficient (Wildman–Crippen LogP) is 5.20. The Balaban J connectivity index is 1.70. The van der Waals surface area contributed by atoms with Crippen LogP contribution >= 0.6 is 23.4 Å². The first-order valence-electron chi connectivity index (χ1n) is 11.1. The average molecular weight is 493 g/mol. The predicted molar refractivity (Wildman–Crippen MR) is 131 cm³/mol. The number of amides is 2. The third-order valence-electron chi connectivity index (χ3n) is 5.89. The van der Waals surface area contributed by atoms with Gasteiger partial charge in [0.1, 0.15) is 17.6 Å². The highest BCUT2D eigenvalue weighted by Gasteiger charge is 2.28. The van der Waals surface area contributed by atoms with Crippen molar-refractivity contribution in [2.75, 3.05) is 12.9 Å². The van der Waals surface area contributed by atoms with Gasteiger partial charge in [-0.25, -0.2) is 4.39 Å². The Morgan fingerprint density at radius 2 is 1.97 bits per heavy atom. The molecule has 1 aliphatic rings. The van der Waals surface area contributed by atoms with Crippen LogP contribution in [0.3, 0.4) is 0 Å². The molecule has 1 fully saturated rings. The summed E-state index contributed by atoms with van der Waals surface area (Å²) in [6.07, 6.45) is 4.17. The van der Waals surface area contributed by atoms with Crippen LogP contribution in [0.5, 0.6) is 5.75 Å². The molecular weight excluding hydrogens is 463 g/mol. The number of benzene rings is 2. The number of hydrogen-bond acceptors (Lipinski definition) is 4. The van der Waals surface area contributed by atoms with Gasteiger partial charge in [-0.3, -0.25) is 9.59 Å². The number of nitrogens with one attached hydrogen (secondary N) is 1. The number of carbonyl (C=O) groups excluding carboxylic acids is 2. The van der Waals surface area contributed by atoms with Crippen LogP contribution in [0, 0.1) is 5.82 Å². The molecule has 0 aliphatic heterocycles. The second-order valence-electron chi connectivity index (χ2n) is 8.23. The summed E-state index contributed by atoms with van der Waals surface area (Å²) in [6.45, 7) is 2.02. The summed E-state index contributed by atoms with van der Waals surface area (Å²) in [5.74, 6) is 0.332.